The Balaban J connectivity index is 3.08. The SMILES string of the molecule is CCCC(CCC)(C(=O)Nc1ccc(Br)cc1Br)C(N)=S. The molecule has 0 unspecified atom stereocenters. The minimum Gasteiger partial charge on any atom is -0.392 e. The average Bonchev–Trinajstić information content (AvgIpc) is 2.41. The van der Waals surface area contributed by atoms with Gasteiger partial charge in [0.2, 0.25) is 5.91 Å². The molecule has 0 aliphatic rings. The molecule has 21 heavy (non-hydrogen) atoms. The molecule has 0 aromatic heterocycles. The standard InChI is InChI=1S/C15H20Br2N2OS/c1-3-7-15(8-4-2,13(18)21)14(20)19-12-6-5-10(16)9-11(12)17/h5-6,9H,3-4,7-8H2,1-2H3,(H2,18,21)(H,19,20). The lowest BCUT2D eigenvalue weighted by Gasteiger charge is -2.31. The number of hydrogen-bond donors (Lipinski definition) is 2. The Hall–Kier alpha value is -0.460. The van der Waals surface area contributed by atoms with Crippen molar-refractivity contribution in [2.75, 3.05) is 5.32 Å². The van der Waals surface area contributed by atoms with E-state index in [9.17, 15) is 4.79 Å². The molecular formula is C15H20Br2N2OS. The molecule has 0 radical (unpaired) electrons. The largest absolute Gasteiger partial charge is 0.392 e. The molecule has 3 nitrogen and oxygen atoms in total. The number of carbonyl (C=O) groups excluding carboxylic acids is 1. The van der Waals surface area contributed by atoms with Gasteiger partial charge in [0, 0.05) is 8.95 Å². The topological polar surface area (TPSA) is 55.1 Å². The van der Waals surface area contributed by atoms with E-state index < -0.39 is 5.41 Å². The molecule has 0 atom stereocenters. The summed E-state index contributed by atoms with van der Waals surface area (Å²) in [7, 11) is 0. The van der Waals surface area contributed by atoms with Crippen molar-refractivity contribution in [2.45, 2.75) is 39.5 Å². The van der Waals surface area contributed by atoms with Crippen molar-refractivity contribution in [3.05, 3.63) is 27.1 Å². The normalized spacial score (nSPS) is 11.2. The molecule has 116 valence electrons. The molecule has 0 spiro atoms. The number of halogens is 2. The molecule has 1 amide bonds. The van der Waals surface area contributed by atoms with Crippen LogP contribution in [0.4, 0.5) is 5.69 Å². The smallest absolute Gasteiger partial charge is 0.237 e. The van der Waals surface area contributed by atoms with Gasteiger partial charge in [0.1, 0.15) is 0 Å². The van der Waals surface area contributed by atoms with Gasteiger partial charge in [0.25, 0.3) is 0 Å². The van der Waals surface area contributed by atoms with Gasteiger partial charge >= 0.3 is 0 Å². The van der Waals surface area contributed by atoms with Crippen LogP contribution >= 0.6 is 44.1 Å². The highest BCUT2D eigenvalue weighted by Crippen LogP contribution is 2.34. The van der Waals surface area contributed by atoms with Gasteiger partial charge in [-0.05, 0) is 47.0 Å². The van der Waals surface area contributed by atoms with Gasteiger partial charge in [-0.1, -0.05) is 54.8 Å². The van der Waals surface area contributed by atoms with Crippen LogP contribution in [0.2, 0.25) is 0 Å². The first kappa shape index (κ1) is 18.6. The Morgan fingerprint density at radius 1 is 1.29 bits per heavy atom. The molecule has 1 aromatic rings. The Morgan fingerprint density at radius 3 is 2.29 bits per heavy atom. The van der Waals surface area contributed by atoms with E-state index in [-0.39, 0.29) is 10.9 Å². The second-order valence-electron chi connectivity index (χ2n) is 5.02. The van der Waals surface area contributed by atoms with Crippen LogP contribution in [0.15, 0.2) is 27.1 Å². The van der Waals surface area contributed by atoms with Crippen LogP contribution in [-0.2, 0) is 4.79 Å². The van der Waals surface area contributed by atoms with Gasteiger partial charge in [-0.25, -0.2) is 0 Å². The van der Waals surface area contributed by atoms with Crippen molar-refractivity contribution in [1.82, 2.24) is 0 Å². The summed E-state index contributed by atoms with van der Waals surface area (Å²) in [5.74, 6) is -0.123. The van der Waals surface area contributed by atoms with Crippen molar-refractivity contribution in [3.63, 3.8) is 0 Å². The number of anilines is 1. The molecule has 1 aromatic carbocycles. The lowest BCUT2D eigenvalue weighted by atomic mass is 9.78. The molecule has 0 aliphatic heterocycles. The van der Waals surface area contributed by atoms with Crippen LogP contribution in [0, 0.1) is 5.41 Å². The molecule has 6 heteroatoms. The summed E-state index contributed by atoms with van der Waals surface area (Å²) in [5.41, 5.74) is 5.86. The molecule has 0 saturated heterocycles. The zero-order valence-electron chi connectivity index (χ0n) is 12.2. The molecule has 0 aliphatic carbocycles. The third-order valence-electron chi connectivity index (χ3n) is 3.44. The van der Waals surface area contributed by atoms with Crippen molar-refractivity contribution < 1.29 is 4.79 Å². The van der Waals surface area contributed by atoms with Gasteiger partial charge in [-0.2, -0.15) is 0 Å². The van der Waals surface area contributed by atoms with Gasteiger partial charge in [0.15, 0.2) is 0 Å². The van der Waals surface area contributed by atoms with E-state index >= 15 is 0 Å². The highest BCUT2D eigenvalue weighted by Gasteiger charge is 2.40. The summed E-state index contributed by atoms with van der Waals surface area (Å²) in [6, 6.07) is 5.61. The number of thiocarbonyl (C=S) groups is 1. The van der Waals surface area contributed by atoms with Crippen molar-refractivity contribution in [3.8, 4) is 0 Å². The summed E-state index contributed by atoms with van der Waals surface area (Å²) in [6.07, 6.45) is 3.03. The summed E-state index contributed by atoms with van der Waals surface area (Å²) in [4.78, 5) is 13.1. The number of carbonyl (C=O) groups is 1. The van der Waals surface area contributed by atoms with Crippen LogP contribution in [0.3, 0.4) is 0 Å². The minimum absolute atomic E-state index is 0.123. The van der Waals surface area contributed by atoms with Gasteiger partial charge in [-0.15, -0.1) is 0 Å². The maximum atomic E-state index is 12.8. The van der Waals surface area contributed by atoms with Gasteiger partial charge < -0.3 is 11.1 Å². The van der Waals surface area contributed by atoms with Crippen LogP contribution in [-0.4, -0.2) is 10.9 Å². The summed E-state index contributed by atoms with van der Waals surface area (Å²) in [5, 5.41) is 2.96. The number of amides is 1. The first-order chi connectivity index (χ1) is 9.87. The summed E-state index contributed by atoms with van der Waals surface area (Å²) < 4.78 is 1.75. The predicted molar refractivity (Wildman–Crippen MR) is 99.5 cm³/mol. The fourth-order valence-corrected chi connectivity index (χ4v) is 3.84. The highest BCUT2D eigenvalue weighted by molar-refractivity contribution is 9.11. The van der Waals surface area contributed by atoms with Crippen LogP contribution in [0.1, 0.15) is 39.5 Å². The van der Waals surface area contributed by atoms with E-state index in [0.717, 1.165) is 27.5 Å². The Bertz CT molecular complexity index is 528. The number of nitrogens with one attached hydrogen (secondary N) is 1. The number of hydrogen-bond acceptors (Lipinski definition) is 2. The van der Waals surface area contributed by atoms with E-state index in [4.69, 9.17) is 18.0 Å². The fourth-order valence-electron chi connectivity index (χ4n) is 2.40. The molecule has 0 heterocycles. The highest BCUT2D eigenvalue weighted by atomic mass is 79.9. The maximum absolute atomic E-state index is 12.8. The molecule has 3 N–H and O–H groups in total. The second-order valence-corrected chi connectivity index (χ2v) is 7.23. The quantitative estimate of drug-likeness (QED) is 0.591. The van der Waals surface area contributed by atoms with Crippen LogP contribution in [0.25, 0.3) is 0 Å². The minimum atomic E-state index is -0.772. The fraction of sp³-hybridized carbons (Fsp3) is 0.467. The van der Waals surface area contributed by atoms with E-state index in [1.807, 2.05) is 32.0 Å². The maximum Gasteiger partial charge on any atom is 0.237 e. The predicted octanol–water partition coefficient (Wildman–Crippen LogP) is 5.02. The zero-order valence-corrected chi connectivity index (χ0v) is 16.2. The number of nitrogens with two attached hydrogens (primary N) is 1. The van der Waals surface area contributed by atoms with Crippen molar-refractivity contribution in [1.29, 1.82) is 0 Å². The summed E-state index contributed by atoms with van der Waals surface area (Å²) >= 11 is 12.0. The van der Waals surface area contributed by atoms with Crippen LogP contribution in [0.5, 0.6) is 0 Å². The van der Waals surface area contributed by atoms with E-state index in [1.165, 1.54) is 0 Å². The van der Waals surface area contributed by atoms with Crippen molar-refractivity contribution in [2.24, 2.45) is 11.1 Å². The summed E-state index contributed by atoms with van der Waals surface area (Å²) in [6.45, 7) is 4.07. The molecule has 0 fully saturated rings. The van der Waals surface area contributed by atoms with E-state index in [1.54, 1.807) is 0 Å². The van der Waals surface area contributed by atoms with Crippen LogP contribution < -0.4 is 11.1 Å². The first-order valence-corrected chi connectivity index (χ1v) is 8.93. The monoisotopic (exact) mass is 434 g/mol. The van der Waals surface area contributed by atoms with Crippen molar-refractivity contribution >= 4 is 60.7 Å². The third-order valence-corrected chi connectivity index (χ3v) is 4.98. The lowest BCUT2D eigenvalue weighted by molar-refractivity contribution is -0.122. The molecule has 0 saturated carbocycles. The molecular weight excluding hydrogens is 416 g/mol. The zero-order chi connectivity index (χ0) is 16.0. The van der Waals surface area contributed by atoms with Gasteiger partial charge in [0.05, 0.1) is 16.1 Å². The molecule has 0 bridgehead atoms. The first-order valence-electron chi connectivity index (χ1n) is 6.93. The average molecular weight is 436 g/mol. The van der Waals surface area contributed by atoms with Gasteiger partial charge in [-0.3, -0.25) is 4.79 Å². The van der Waals surface area contributed by atoms with E-state index in [0.29, 0.717) is 12.8 Å². The molecule has 1 rings (SSSR count). The lowest BCUT2D eigenvalue weighted by Crippen LogP contribution is -2.46. The number of rotatable bonds is 7. The Kier molecular flexibility index (Phi) is 7.30. The third kappa shape index (κ3) is 4.50. The number of benzene rings is 1. The Labute approximate surface area is 148 Å². The Morgan fingerprint density at radius 2 is 1.86 bits per heavy atom. The van der Waals surface area contributed by atoms with E-state index in [2.05, 4.69) is 37.2 Å². The second kappa shape index (κ2) is 8.25.